The highest BCUT2D eigenvalue weighted by Crippen LogP contribution is 1.99. The number of hydrogen-bond donors (Lipinski definition) is 3. The lowest BCUT2D eigenvalue weighted by atomic mass is 10.1. The Balaban J connectivity index is 3.80. The van der Waals surface area contributed by atoms with E-state index in [2.05, 4.69) is 5.32 Å². The van der Waals surface area contributed by atoms with Crippen molar-refractivity contribution in [2.75, 3.05) is 6.61 Å². The van der Waals surface area contributed by atoms with Gasteiger partial charge in [-0.05, 0) is 5.92 Å². The molecule has 0 spiro atoms. The number of aliphatic hydroxyl groups excluding tert-OH is 1. The number of hydrogen-bond acceptors (Lipinski definition) is 3. The summed E-state index contributed by atoms with van der Waals surface area (Å²) in [6.45, 7) is 3.90. The van der Waals surface area contributed by atoms with Crippen LogP contribution >= 0.6 is 0 Å². The maximum atomic E-state index is 10.0. The molecule has 70 valence electrons. The third-order valence-electron chi connectivity index (χ3n) is 1.54. The maximum absolute atomic E-state index is 10.0. The number of nitrogens with one attached hydrogen (secondary N) is 1. The molecule has 0 fully saturated rings. The molecule has 0 amide bonds. The first kappa shape index (κ1) is 11.0. The largest absolute Gasteiger partial charge is 0.478 e. The Kier molecular flexibility index (Phi) is 5.12. The van der Waals surface area contributed by atoms with Crippen LogP contribution in [0.2, 0.25) is 0 Å². The van der Waals surface area contributed by atoms with Crippen LogP contribution in [0.4, 0.5) is 0 Å². The lowest BCUT2D eigenvalue weighted by Crippen LogP contribution is -2.33. The summed E-state index contributed by atoms with van der Waals surface area (Å²) in [5, 5.41) is 19.9. The van der Waals surface area contributed by atoms with Gasteiger partial charge in [0.05, 0.1) is 12.6 Å². The van der Waals surface area contributed by atoms with Crippen LogP contribution in [0.3, 0.4) is 0 Å². The van der Waals surface area contributed by atoms with Crippen molar-refractivity contribution in [1.29, 1.82) is 0 Å². The minimum absolute atomic E-state index is 0.00161. The molecule has 4 nitrogen and oxygen atoms in total. The van der Waals surface area contributed by atoms with E-state index in [1.807, 2.05) is 13.8 Å². The SMILES string of the molecule is CC(C)C(CO)N/C=C/C(=O)O. The average Bonchev–Trinajstić information content (AvgIpc) is 1.96. The minimum Gasteiger partial charge on any atom is -0.478 e. The van der Waals surface area contributed by atoms with Crippen molar-refractivity contribution in [3.63, 3.8) is 0 Å². The molecule has 0 bridgehead atoms. The molecule has 0 radical (unpaired) electrons. The van der Waals surface area contributed by atoms with Crippen molar-refractivity contribution in [3.8, 4) is 0 Å². The van der Waals surface area contributed by atoms with E-state index in [1.165, 1.54) is 6.20 Å². The van der Waals surface area contributed by atoms with Crippen molar-refractivity contribution < 1.29 is 15.0 Å². The summed E-state index contributed by atoms with van der Waals surface area (Å²) < 4.78 is 0. The van der Waals surface area contributed by atoms with E-state index in [1.54, 1.807) is 0 Å². The van der Waals surface area contributed by atoms with Gasteiger partial charge in [0.15, 0.2) is 0 Å². The van der Waals surface area contributed by atoms with Gasteiger partial charge in [-0.25, -0.2) is 4.79 Å². The molecule has 0 aromatic heterocycles. The second-order valence-electron chi connectivity index (χ2n) is 2.87. The van der Waals surface area contributed by atoms with Gasteiger partial charge in [-0.3, -0.25) is 0 Å². The average molecular weight is 173 g/mol. The molecule has 12 heavy (non-hydrogen) atoms. The van der Waals surface area contributed by atoms with Gasteiger partial charge in [0.1, 0.15) is 0 Å². The first-order chi connectivity index (χ1) is 5.57. The van der Waals surface area contributed by atoms with Crippen LogP contribution in [0.5, 0.6) is 0 Å². The quantitative estimate of drug-likeness (QED) is 0.519. The Bertz CT molecular complexity index is 166. The predicted molar refractivity (Wildman–Crippen MR) is 45.6 cm³/mol. The van der Waals surface area contributed by atoms with E-state index < -0.39 is 5.97 Å². The van der Waals surface area contributed by atoms with Crippen LogP contribution < -0.4 is 5.32 Å². The van der Waals surface area contributed by atoms with Gasteiger partial charge in [-0.15, -0.1) is 0 Å². The lowest BCUT2D eigenvalue weighted by molar-refractivity contribution is -0.131. The van der Waals surface area contributed by atoms with Gasteiger partial charge in [-0.1, -0.05) is 13.8 Å². The zero-order valence-electron chi connectivity index (χ0n) is 7.32. The molecule has 0 saturated carbocycles. The van der Waals surface area contributed by atoms with E-state index in [0.717, 1.165) is 6.08 Å². The van der Waals surface area contributed by atoms with Gasteiger partial charge < -0.3 is 15.5 Å². The van der Waals surface area contributed by atoms with Crippen molar-refractivity contribution in [2.24, 2.45) is 5.92 Å². The molecular formula is C8H15NO3. The fourth-order valence-corrected chi connectivity index (χ4v) is 0.699. The topological polar surface area (TPSA) is 69.6 Å². The standard InChI is InChI=1S/C8H15NO3/c1-6(2)7(5-10)9-4-3-8(11)12/h3-4,6-7,9-10H,5H2,1-2H3,(H,11,12)/b4-3+. The fourth-order valence-electron chi connectivity index (χ4n) is 0.699. The molecule has 0 aromatic carbocycles. The second-order valence-corrected chi connectivity index (χ2v) is 2.87. The van der Waals surface area contributed by atoms with Gasteiger partial charge in [0.2, 0.25) is 0 Å². The van der Waals surface area contributed by atoms with Gasteiger partial charge >= 0.3 is 5.97 Å². The Morgan fingerprint density at radius 3 is 2.50 bits per heavy atom. The molecule has 1 unspecified atom stereocenters. The highest BCUT2D eigenvalue weighted by Gasteiger charge is 2.08. The molecule has 3 N–H and O–H groups in total. The number of aliphatic hydroxyl groups is 1. The molecule has 1 atom stereocenters. The zero-order valence-corrected chi connectivity index (χ0v) is 7.32. The molecule has 0 aliphatic heterocycles. The van der Waals surface area contributed by atoms with Crippen molar-refractivity contribution in [3.05, 3.63) is 12.3 Å². The van der Waals surface area contributed by atoms with Crippen molar-refractivity contribution in [2.45, 2.75) is 19.9 Å². The Hall–Kier alpha value is -1.03. The third-order valence-corrected chi connectivity index (χ3v) is 1.54. The monoisotopic (exact) mass is 173 g/mol. The van der Waals surface area contributed by atoms with E-state index in [4.69, 9.17) is 10.2 Å². The van der Waals surface area contributed by atoms with E-state index >= 15 is 0 Å². The smallest absolute Gasteiger partial charge is 0.329 e. The molecule has 0 aromatic rings. The van der Waals surface area contributed by atoms with Crippen LogP contribution in [-0.4, -0.2) is 28.8 Å². The van der Waals surface area contributed by atoms with Crippen LogP contribution in [0.1, 0.15) is 13.8 Å². The number of carbonyl (C=O) groups is 1. The zero-order chi connectivity index (χ0) is 9.56. The number of aliphatic carboxylic acids is 1. The first-order valence-electron chi connectivity index (χ1n) is 3.84. The Morgan fingerprint density at radius 1 is 1.58 bits per heavy atom. The minimum atomic E-state index is -0.997. The summed E-state index contributed by atoms with van der Waals surface area (Å²) >= 11 is 0. The van der Waals surface area contributed by atoms with Crippen LogP contribution in [0.15, 0.2) is 12.3 Å². The maximum Gasteiger partial charge on any atom is 0.329 e. The van der Waals surface area contributed by atoms with Crippen LogP contribution in [0.25, 0.3) is 0 Å². The molecule has 0 aliphatic carbocycles. The molecular weight excluding hydrogens is 158 g/mol. The van der Waals surface area contributed by atoms with Crippen LogP contribution in [-0.2, 0) is 4.79 Å². The van der Waals surface area contributed by atoms with E-state index in [-0.39, 0.29) is 18.6 Å². The fraction of sp³-hybridized carbons (Fsp3) is 0.625. The van der Waals surface area contributed by atoms with E-state index in [0.29, 0.717) is 0 Å². The normalized spacial score (nSPS) is 13.7. The Labute approximate surface area is 71.9 Å². The summed E-state index contributed by atoms with van der Waals surface area (Å²) in [6, 6.07) is -0.0828. The van der Waals surface area contributed by atoms with Crippen LogP contribution in [0, 0.1) is 5.92 Å². The molecule has 0 saturated heterocycles. The highest BCUT2D eigenvalue weighted by atomic mass is 16.4. The summed E-state index contributed by atoms with van der Waals surface area (Å²) in [5.74, 6) is -0.726. The number of rotatable bonds is 5. The summed E-state index contributed by atoms with van der Waals surface area (Å²) in [6.07, 6.45) is 2.34. The summed E-state index contributed by atoms with van der Waals surface area (Å²) in [5.41, 5.74) is 0. The third kappa shape index (κ3) is 4.73. The molecule has 0 aliphatic rings. The summed E-state index contributed by atoms with van der Waals surface area (Å²) in [7, 11) is 0. The summed E-state index contributed by atoms with van der Waals surface area (Å²) in [4.78, 5) is 10.0. The van der Waals surface area contributed by atoms with Gasteiger partial charge in [0, 0.05) is 12.3 Å². The molecule has 0 heterocycles. The second kappa shape index (κ2) is 5.60. The Morgan fingerprint density at radius 2 is 2.17 bits per heavy atom. The first-order valence-corrected chi connectivity index (χ1v) is 3.84. The molecule has 4 heteroatoms. The van der Waals surface area contributed by atoms with Gasteiger partial charge in [0.25, 0.3) is 0 Å². The lowest BCUT2D eigenvalue weighted by Gasteiger charge is -2.17. The number of carboxylic acid groups (broad SMARTS) is 1. The van der Waals surface area contributed by atoms with Crippen molar-refractivity contribution in [1.82, 2.24) is 5.32 Å². The van der Waals surface area contributed by atoms with Gasteiger partial charge in [-0.2, -0.15) is 0 Å². The predicted octanol–water partition coefficient (Wildman–Crippen LogP) is 0.191. The number of carboxylic acids is 1. The van der Waals surface area contributed by atoms with Crippen molar-refractivity contribution >= 4 is 5.97 Å². The van der Waals surface area contributed by atoms with E-state index in [9.17, 15) is 4.79 Å². The highest BCUT2D eigenvalue weighted by molar-refractivity contribution is 5.79. The molecule has 0 rings (SSSR count).